The third-order valence-electron chi connectivity index (χ3n) is 3.33. The van der Waals surface area contributed by atoms with E-state index < -0.39 is 0 Å². The molecule has 2 rings (SSSR count). The van der Waals surface area contributed by atoms with Crippen LogP contribution in [0.5, 0.6) is 17.2 Å². The van der Waals surface area contributed by atoms with E-state index >= 15 is 0 Å². The Kier molecular flexibility index (Phi) is 5.61. The van der Waals surface area contributed by atoms with Crippen molar-refractivity contribution in [3.63, 3.8) is 0 Å². The number of nitrogens with zero attached hydrogens (tertiary/aromatic N) is 1. The second kappa shape index (κ2) is 7.66. The van der Waals surface area contributed by atoms with Gasteiger partial charge in [-0.25, -0.2) is 4.57 Å². The molecule has 5 heteroatoms. The third-order valence-corrected chi connectivity index (χ3v) is 3.33. The maximum Gasteiger partial charge on any atom is 0.225 e. The second-order valence-electron chi connectivity index (χ2n) is 5.20. The number of aromatic nitrogens is 1. The van der Waals surface area contributed by atoms with Gasteiger partial charge >= 0.3 is 0 Å². The molecule has 118 valence electrons. The molecule has 0 amide bonds. The summed E-state index contributed by atoms with van der Waals surface area (Å²) in [5.41, 5.74) is 7.60. The van der Waals surface area contributed by atoms with Crippen LogP contribution in [0.4, 0.5) is 0 Å². The summed E-state index contributed by atoms with van der Waals surface area (Å²) >= 11 is 0. The van der Waals surface area contributed by atoms with Gasteiger partial charge in [0.25, 0.3) is 0 Å². The minimum Gasteiger partial charge on any atom is -0.504 e. The molecular weight excluding hydrogens is 280 g/mol. The third kappa shape index (κ3) is 4.36. The molecule has 0 saturated heterocycles. The van der Waals surface area contributed by atoms with Crippen LogP contribution >= 0.6 is 0 Å². The summed E-state index contributed by atoms with van der Waals surface area (Å²) in [4.78, 5) is 0. The fourth-order valence-electron chi connectivity index (χ4n) is 2.11. The normalized spacial score (nSPS) is 10.5. The number of ether oxygens (including phenoxy) is 2. The molecule has 0 aliphatic carbocycles. The Morgan fingerprint density at radius 2 is 1.95 bits per heavy atom. The predicted octanol–water partition coefficient (Wildman–Crippen LogP) is 1.83. The Morgan fingerprint density at radius 3 is 2.68 bits per heavy atom. The van der Waals surface area contributed by atoms with Gasteiger partial charge in [0.2, 0.25) is 11.9 Å². The molecule has 0 saturated carbocycles. The Labute approximate surface area is 130 Å². The molecule has 0 spiro atoms. The summed E-state index contributed by atoms with van der Waals surface area (Å²) in [7, 11) is 1.87. The van der Waals surface area contributed by atoms with Crippen molar-refractivity contribution in [2.24, 2.45) is 12.8 Å². The van der Waals surface area contributed by atoms with Crippen molar-refractivity contribution in [3.8, 4) is 17.2 Å². The lowest BCUT2D eigenvalue weighted by Crippen LogP contribution is -2.34. The van der Waals surface area contributed by atoms with Crippen LogP contribution < -0.4 is 19.8 Å². The van der Waals surface area contributed by atoms with E-state index in [1.807, 2.05) is 42.8 Å². The lowest BCUT2D eigenvalue weighted by molar-refractivity contribution is -0.679. The average molecular weight is 303 g/mol. The Bertz CT molecular complexity index is 629. The van der Waals surface area contributed by atoms with Crippen molar-refractivity contribution in [1.82, 2.24) is 0 Å². The fraction of sp³-hybridized carbons (Fsp3) is 0.353. The average Bonchev–Trinajstić information content (AvgIpc) is 2.50. The molecule has 0 unspecified atom stereocenters. The summed E-state index contributed by atoms with van der Waals surface area (Å²) in [6.45, 7) is 3.44. The largest absolute Gasteiger partial charge is 0.504 e. The van der Waals surface area contributed by atoms with Gasteiger partial charge in [0, 0.05) is 6.42 Å². The van der Waals surface area contributed by atoms with Gasteiger partial charge in [-0.3, -0.25) is 0 Å². The maximum absolute atomic E-state index is 9.89. The number of rotatable bonds is 7. The van der Waals surface area contributed by atoms with Crippen LogP contribution in [0.15, 0.2) is 36.5 Å². The van der Waals surface area contributed by atoms with Crippen molar-refractivity contribution < 1.29 is 19.1 Å². The summed E-state index contributed by atoms with van der Waals surface area (Å²) in [5, 5.41) is 9.89. The van der Waals surface area contributed by atoms with Crippen molar-refractivity contribution in [1.29, 1.82) is 0 Å². The van der Waals surface area contributed by atoms with E-state index in [0.29, 0.717) is 25.5 Å². The summed E-state index contributed by atoms with van der Waals surface area (Å²) in [6.07, 6.45) is 2.47. The molecular formula is C17H23N2O3+. The quantitative estimate of drug-likeness (QED) is 0.605. The monoisotopic (exact) mass is 303 g/mol. The number of pyridine rings is 1. The molecule has 5 nitrogen and oxygen atoms in total. The van der Waals surface area contributed by atoms with Crippen LogP contribution in [-0.4, -0.2) is 18.3 Å². The maximum atomic E-state index is 9.89. The zero-order valence-electron chi connectivity index (χ0n) is 13.1. The molecule has 0 bridgehead atoms. The number of hydrogen-bond acceptors (Lipinski definition) is 4. The van der Waals surface area contributed by atoms with Crippen LogP contribution in [0.2, 0.25) is 0 Å². The van der Waals surface area contributed by atoms with Crippen LogP contribution in [0.25, 0.3) is 0 Å². The van der Waals surface area contributed by atoms with Crippen LogP contribution in [-0.2, 0) is 13.6 Å². The van der Waals surface area contributed by atoms with Gasteiger partial charge in [-0.05, 0) is 24.6 Å². The lowest BCUT2D eigenvalue weighted by Gasteiger charge is -2.09. The molecule has 0 atom stereocenters. The van der Waals surface area contributed by atoms with Crippen LogP contribution in [0, 0.1) is 6.92 Å². The number of hydrogen-bond donors (Lipinski definition) is 2. The van der Waals surface area contributed by atoms with Gasteiger partial charge in [0.15, 0.2) is 11.4 Å². The first-order chi connectivity index (χ1) is 10.6. The smallest absolute Gasteiger partial charge is 0.225 e. The van der Waals surface area contributed by atoms with E-state index in [4.69, 9.17) is 15.2 Å². The molecule has 3 N–H and O–H groups in total. The van der Waals surface area contributed by atoms with Gasteiger partial charge < -0.3 is 20.3 Å². The zero-order chi connectivity index (χ0) is 15.9. The first kappa shape index (κ1) is 16.1. The van der Waals surface area contributed by atoms with Crippen molar-refractivity contribution in [2.45, 2.75) is 19.9 Å². The Hall–Kier alpha value is -2.27. The standard InChI is InChI=1S/C17H22N2O3/c1-13-5-3-6-15(9-13)21-7-4-8-22-17-12-19(2)14(11-18)10-16(17)20/h3,5-6,9-10,12H,4,7-8,11,18H2,1-2H3/p+1. The minimum absolute atomic E-state index is 0.109. The van der Waals surface area contributed by atoms with Gasteiger partial charge in [-0.1, -0.05) is 12.1 Å². The summed E-state index contributed by atoms with van der Waals surface area (Å²) in [6, 6.07) is 9.56. The van der Waals surface area contributed by atoms with Crippen LogP contribution in [0.3, 0.4) is 0 Å². The fourth-order valence-corrected chi connectivity index (χ4v) is 2.11. The highest BCUT2D eigenvalue weighted by atomic mass is 16.5. The molecule has 0 radical (unpaired) electrons. The molecule has 1 heterocycles. The number of benzene rings is 1. The topological polar surface area (TPSA) is 68.6 Å². The molecule has 0 aliphatic heterocycles. The molecule has 1 aromatic carbocycles. The predicted molar refractivity (Wildman–Crippen MR) is 84.0 cm³/mol. The number of nitrogens with two attached hydrogens (primary N) is 1. The van der Waals surface area contributed by atoms with Crippen molar-refractivity contribution >= 4 is 0 Å². The van der Waals surface area contributed by atoms with Crippen molar-refractivity contribution in [3.05, 3.63) is 47.8 Å². The molecule has 22 heavy (non-hydrogen) atoms. The molecule has 0 fully saturated rings. The van der Waals surface area contributed by atoms with Gasteiger partial charge in [-0.15, -0.1) is 0 Å². The van der Waals surface area contributed by atoms with Gasteiger partial charge in [0.1, 0.15) is 12.8 Å². The first-order valence-corrected chi connectivity index (χ1v) is 7.34. The van der Waals surface area contributed by atoms with E-state index in [9.17, 15) is 5.11 Å². The SMILES string of the molecule is Cc1cccc(OCCCOc2c[n+](C)c(CN)cc2O)c1. The van der Waals surface area contributed by atoms with E-state index in [0.717, 1.165) is 17.9 Å². The van der Waals surface area contributed by atoms with E-state index in [2.05, 4.69) is 0 Å². The zero-order valence-corrected chi connectivity index (χ0v) is 13.1. The highest BCUT2D eigenvalue weighted by Crippen LogP contribution is 2.24. The lowest BCUT2D eigenvalue weighted by atomic mass is 10.2. The summed E-state index contributed by atoms with van der Waals surface area (Å²) in [5.74, 6) is 1.43. The Balaban J connectivity index is 1.78. The highest BCUT2D eigenvalue weighted by molar-refractivity contribution is 5.35. The number of aryl methyl sites for hydroxylation is 2. The van der Waals surface area contributed by atoms with Gasteiger partial charge in [-0.2, -0.15) is 0 Å². The van der Waals surface area contributed by atoms with E-state index in [1.165, 1.54) is 5.56 Å². The van der Waals surface area contributed by atoms with Gasteiger partial charge in [0.05, 0.1) is 25.8 Å². The first-order valence-electron chi connectivity index (χ1n) is 7.34. The second-order valence-corrected chi connectivity index (χ2v) is 5.20. The molecule has 0 aliphatic rings. The molecule has 1 aromatic heterocycles. The van der Waals surface area contributed by atoms with Crippen molar-refractivity contribution in [2.75, 3.05) is 13.2 Å². The van der Waals surface area contributed by atoms with Crippen LogP contribution in [0.1, 0.15) is 17.7 Å². The minimum atomic E-state index is 0.109. The van der Waals surface area contributed by atoms with E-state index in [1.54, 1.807) is 12.3 Å². The molecule has 2 aromatic rings. The Morgan fingerprint density at radius 1 is 1.18 bits per heavy atom. The van der Waals surface area contributed by atoms with E-state index in [-0.39, 0.29) is 5.75 Å². The summed E-state index contributed by atoms with van der Waals surface area (Å²) < 4.78 is 13.1. The number of aromatic hydroxyl groups is 1. The highest BCUT2D eigenvalue weighted by Gasteiger charge is 2.13.